The number of fused-ring (bicyclic) bond motifs is 4. The first-order valence-electron chi connectivity index (χ1n) is 12.5. The van der Waals surface area contributed by atoms with E-state index in [1.807, 2.05) is 0 Å². The first-order valence-corrected chi connectivity index (χ1v) is 12.5. The number of aliphatic hydroxyl groups excluding tert-OH is 3. The SMILES string of the molecule is CC12CCC3C(C)(C1=CCC2C1CCOC1)C(O)C1OCC2(C)C(O)CC(O)C3(C)C12. The molecule has 0 spiro atoms. The van der Waals surface area contributed by atoms with Crippen molar-refractivity contribution in [2.24, 2.45) is 45.3 Å². The van der Waals surface area contributed by atoms with Crippen molar-refractivity contribution in [2.75, 3.05) is 19.8 Å². The van der Waals surface area contributed by atoms with E-state index in [0.29, 0.717) is 24.9 Å². The molecule has 6 aliphatic rings. The van der Waals surface area contributed by atoms with Gasteiger partial charge in [-0.3, -0.25) is 0 Å². The minimum Gasteiger partial charge on any atom is -0.392 e. The Hall–Kier alpha value is -0.460. The largest absolute Gasteiger partial charge is 0.392 e. The molecule has 3 N–H and O–H groups in total. The molecule has 2 saturated heterocycles. The number of rotatable bonds is 1. The van der Waals surface area contributed by atoms with Crippen LogP contribution in [0.15, 0.2) is 11.6 Å². The smallest absolute Gasteiger partial charge is 0.0898 e. The van der Waals surface area contributed by atoms with Gasteiger partial charge in [0.05, 0.1) is 31.0 Å². The van der Waals surface area contributed by atoms with Gasteiger partial charge in [-0.05, 0) is 48.9 Å². The first-order chi connectivity index (χ1) is 14.6. The van der Waals surface area contributed by atoms with Crippen molar-refractivity contribution in [3.63, 3.8) is 0 Å². The average Bonchev–Trinajstić information content (AvgIpc) is 3.43. The summed E-state index contributed by atoms with van der Waals surface area (Å²) in [4.78, 5) is 0. The fourth-order valence-corrected chi connectivity index (χ4v) is 10.1. The molecule has 5 nitrogen and oxygen atoms in total. The van der Waals surface area contributed by atoms with Crippen LogP contribution < -0.4 is 0 Å². The monoisotopic (exact) mass is 432 g/mol. The van der Waals surface area contributed by atoms with Gasteiger partial charge >= 0.3 is 0 Å². The van der Waals surface area contributed by atoms with Gasteiger partial charge in [0.2, 0.25) is 0 Å². The van der Waals surface area contributed by atoms with E-state index in [4.69, 9.17) is 9.47 Å². The molecule has 2 heterocycles. The summed E-state index contributed by atoms with van der Waals surface area (Å²) in [5, 5.41) is 34.3. The zero-order valence-corrected chi connectivity index (χ0v) is 19.5. The van der Waals surface area contributed by atoms with Crippen molar-refractivity contribution in [3.05, 3.63) is 11.6 Å². The standard InChI is InChI=1S/C26H40O5/c1-23-9-7-17-25(3,16(23)6-5-15(23)14-8-10-30-12-14)22(29)20-21-24(2,13-31-20)18(27)11-19(28)26(17,21)4/h6,14-15,17-22,27-29H,5,7-13H2,1-4H3. The van der Waals surface area contributed by atoms with Gasteiger partial charge in [0.1, 0.15) is 0 Å². The number of aliphatic hydroxyl groups is 3. The van der Waals surface area contributed by atoms with Crippen LogP contribution in [0.4, 0.5) is 0 Å². The van der Waals surface area contributed by atoms with Crippen LogP contribution in [0.3, 0.4) is 0 Å². The molecule has 0 aromatic heterocycles. The van der Waals surface area contributed by atoms with E-state index in [1.165, 1.54) is 5.57 Å². The van der Waals surface area contributed by atoms with Gasteiger partial charge in [0.15, 0.2) is 0 Å². The van der Waals surface area contributed by atoms with E-state index in [2.05, 4.69) is 33.8 Å². The van der Waals surface area contributed by atoms with Crippen LogP contribution in [0.5, 0.6) is 0 Å². The summed E-state index contributed by atoms with van der Waals surface area (Å²) in [6, 6.07) is 0. The summed E-state index contributed by atoms with van der Waals surface area (Å²) in [6.45, 7) is 11.2. The maximum absolute atomic E-state index is 11.9. The second kappa shape index (κ2) is 6.35. The Labute approximate surface area is 186 Å². The second-order valence-corrected chi connectivity index (χ2v) is 12.7. The summed E-state index contributed by atoms with van der Waals surface area (Å²) in [6.07, 6.45) is 5.06. The van der Waals surface area contributed by atoms with Crippen LogP contribution in [-0.2, 0) is 9.47 Å². The van der Waals surface area contributed by atoms with E-state index in [-0.39, 0.29) is 28.8 Å². The highest BCUT2D eigenvalue weighted by Gasteiger charge is 2.76. The number of ether oxygens (including phenoxy) is 2. The third-order valence-corrected chi connectivity index (χ3v) is 11.7. The quantitative estimate of drug-likeness (QED) is 0.555. The van der Waals surface area contributed by atoms with Crippen LogP contribution in [0, 0.1) is 45.3 Å². The van der Waals surface area contributed by atoms with Gasteiger partial charge in [-0.2, -0.15) is 0 Å². The van der Waals surface area contributed by atoms with Crippen LogP contribution in [0.1, 0.15) is 59.8 Å². The Bertz CT molecular complexity index is 806. The highest BCUT2D eigenvalue weighted by Crippen LogP contribution is 2.74. The molecule has 174 valence electrons. The Balaban J connectivity index is 1.46. The molecule has 12 unspecified atom stereocenters. The normalized spacial score (nSPS) is 62.7. The van der Waals surface area contributed by atoms with Gasteiger partial charge in [-0.25, -0.2) is 0 Å². The fourth-order valence-electron chi connectivity index (χ4n) is 10.1. The van der Waals surface area contributed by atoms with Gasteiger partial charge in [0.25, 0.3) is 0 Å². The maximum Gasteiger partial charge on any atom is 0.0898 e. The molecule has 0 amide bonds. The lowest BCUT2D eigenvalue weighted by Crippen LogP contribution is -2.72. The Kier molecular flexibility index (Phi) is 4.32. The molecule has 5 fully saturated rings. The molecule has 0 aromatic carbocycles. The summed E-state index contributed by atoms with van der Waals surface area (Å²) in [7, 11) is 0. The zero-order valence-electron chi connectivity index (χ0n) is 19.5. The molecule has 12 atom stereocenters. The van der Waals surface area contributed by atoms with E-state index in [9.17, 15) is 15.3 Å². The van der Waals surface area contributed by atoms with Crippen LogP contribution in [-0.4, -0.2) is 59.6 Å². The maximum atomic E-state index is 11.9. The molecule has 3 saturated carbocycles. The molecule has 0 bridgehead atoms. The molecular weight excluding hydrogens is 392 g/mol. The van der Waals surface area contributed by atoms with Crippen molar-refractivity contribution < 1.29 is 24.8 Å². The minimum absolute atomic E-state index is 0.0304. The van der Waals surface area contributed by atoms with E-state index < -0.39 is 29.1 Å². The van der Waals surface area contributed by atoms with Crippen LogP contribution >= 0.6 is 0 Å². The summed E-state index contributed by atoms with van der Waals surface area (Å²) >= 11 is 0. The lowest BCUT2D eigenvalue weighted by atomic mass is 9.36. The van der Waals surface area contributed by atoms with Gasteiger partial charge in [-0.1, -0.05) is 39.3 Å². The topological polar surface area (TPSA) is 79.2 Å². The molecule has 4 aliphatic carbocycles. The lowest BCUT2D eigenvalue weighted by molar-refractivity contribution is -0.256. The molecule has 0 aromatic rings. The van der Waals surface area contributed by atoms with E-state index >= 15 is 0 Å². The van der Waals surface area contributed by atoms with Crippen molar-refractivity contribution in [2.45, 2.75) is 84.2 Å². The molecule has 31 heavy (non-hydrogen) atoms. The van der Waals surface area contributed by atoms with Crippen molar-refractivity contribution in [3.8, 4) is 0 Å². The second-order valence-electron chi connectivity index (χ2n) is 12.7. The summed E-state index contributed by atoms with van der Waals surface area (Å²) < 4.78 is 12.1. The molecule has 0 radical (unpaired) electrons. The average molecular weight is 433 g/mol. The Morgan fingerprint density at radius 1 is 1.03 bits per heavy atom. The van der Waals surface area contributed by atoms with Gasteiger partial charge < -0.3 is 24.8 Å². The summed E-state index contributed by atoms with van der Waals surface area (Å²) in [5.41, 5.74) is 0.298. The predicted molar refractivity (Wildman–Crippen MR) is 116 cm³/mol. The lowest BCUT2D eigenvalue weighted by Gasteiger charge is -2.69. The van der Waals surface area contributed by atoms with Crippen LogP contribution in [0.2, 0.25) is 0 Å². The molecule has 6 rings (SSSR count). The molecule has 2 aliphatic heterocycles. The molecular formula is C26H40O5. The fraction of sp³-hybridized carbons (Fsp3) is 0.923. The predicted octanol–water partition coefficient (Wildman–Crippen LogP) is 2.92. The molecule has 5 heteroatoms. The third kappa shape index (κ3) is 2.26. The zero-order chi connectivity index (χ0) is 22.0. The number of allylic oxidation sites excluding steroid dienone is 1. The van der Waals surface area contributed by atoms with Gasteiger partial charge in [0, 0.05) is 41.8 Å². The minimum atomic E-state index is -0.612. The van der Waals surface area contributed by atoms with Crippen molar-refractivity contribution in [1.29, 1.82) is 0 Å². The Morgan fingerprint density at radius 3 is 2.52 bits per heavy atom. The highest BCUT2D eigenvalue weighted by molar-refractivity contribution is 5.38. The summed E-state index contributed by atoms with van der Waals surface area (Å²) in [5.74, 6) is 1.33. The van der Waals surface area contributed by atoms with E-state index in [0.717, 1.165) is 38.9 Å². The van der Waals surface area contributed by atoms with Crippen molar-refractivity contribution >= 4 is 0 Å². The van der Waals surface area contributed by atoms with Crippen LogP contribution in [0.25, 0.3) is 0 Å². The third-order valence-electron chi connectivity index (χ3n) is 11.7. The van der Waals surface area contributed by atoms with Crippen molar-refractivity contribution in [1.82, 2.24) is 0 Å². The highest BCUT2D eigenvalue weighted by atomic mass is 16.5. The van der Waals surface area contributed by atoms with E-state index in [1.54, 1.807) is 0 Å². The number of hydrogen-bond acceptors (Lipinski definition) is 5. The van der Waals surface area contributed by atoms with Gasteiger partial charge in [-0.15, -0.1) is 0 Å². The number of hydrogen-bond donors (Lipinski definition) is 3. The first kappa shape index (κ1) is 21.1. The Morgan fingerprint density at radius 2 is 1.81 bits per heavy atom.